The molecule has 0 radical (unpaired) electrons. The van der Waals surface area contributed by atoms with E-state index in [4.69, 9.17) is 0 Å². The second-order valence-electron chi connectivity index (χ2n) is 4.89. The van der Waals surface area contributed by atoms with Crippen LogP contribution in [0.15, 0.2) is 0 Å². The van der Waals surface area contributed by atoms with Gasteiger partial charge in [0.05, 0.1) is 0 Å². The van der Waals surface area contributed by atoms with Crippen molar-refractivity contribution in [3.05, 3.63) is 0 Å². The van der Waals surface area contributed by atoms with Gasteiger partial charge < -0.3 is 0 Å². The highest BCUT2D eigenvalue weighted by Gasteiger charge is 2.91. The van der Waals surface area contributed by atoms with Gasteiger partial charge in [0.25, 0.3) is 0 Å². The van der Waals surface area contributed by atoms with Crippen molar-refractivity contribution in [2.45, 2.75) is 46.0 Å². The number of rotatable bonds is 9. The summed E-state index contributed by atoms with van der Waals surface area (Å²) in [5.74, 6) is -32.8. The molecular formula is C8BrF17O3S. The molecule has 0 saturated heterocycles. The highest BCUT2D eigenvalue weighted by molar-refractivity contribution is 9.10. The molecule has 0 aromatic carbocycles. The predicted molar refractivity (Wildman–Crippen MR) is 59.6 cm³/mol. The molecule has 0 aliphatic carbocycles. The van der Waals surface area contributed by atoms with Crippen LogP contribution in [0, 0.1) is 0 Å². The number of hydrogen-bond acceptors (Lipinski definition) is 3. The van der Waals surface area contributed by atoms with Crippen molar-refractivity contribution in [2.24, 2.45) is 0 Å². The maximum Gasteiger partial charge on any atom is 0.464 e. The molecule has 30 heavy (non-hydrogen) atoms. The second-order valence-corrected chi connectivity index (χ2v) is 7.27. The van der Waals surface area contributed by atoms with Crippen molar-refractivity contribution >= 4 is 26.2 Å². The van der Waals surface area contributed by atoms with Gasteiger partial charge in [0, 0.05) is 0 Å². The molecule has 0 saturated carbocycles. The van der Waals surface area contributed by atoms with Crippen LogP contribution >= 0.6 is 15.9 Å². The number of hydrogen-bond donors (Lipinski definition) is 0. The van der Waals surface area contributed by atoms with Crippen molar-refractivity contribution in [2.75, 3.05) is 0 Å². The van der Waals surface area contributed by atoms with Gasteiger partial charge in [0.2, 0.25) is 0 Å². The SMILES string of the molecule is O=S(=O)(F)C(F)(F)C(F)(F)OC(F)(F)C(F)(F)C(F)(F)C(F)(F)C(F)(F)C(F)(F)Br. The van der Waals surface area contributed by atoms with Crippen LogP contribution in [-0.4, -0.2) is 54.4 Å². The summed E-state index contributed by atoms with van der Waals surface area (Å²) in [5.41, 5.74) is 0. The second kappa shape index (κ2) is 7.10. The minimum absolute atomic E-state index is 0.354. The Labute approximate surface area is 160 Å². The standard InChI is InChI=1S/C8BrF17O3S/c9-5(18,19)3(14,15)1(10,11)2(12,13)4(16,17)6(20,21)29-7(22,23)8(24,25)30(26,27)28. The van der Waals surface area contributed by atoms with Gasteiger partial charge in [-0.25, -0.2) is 4.74 Å². The van der Waals surface area contributed by atoms with Crippen LogP contribution in [0.25, 0.3) is 0 Å². The molecule has 0 atom stereocenters. The average molecular weight is 579 g/mol. The van der Waals surface area contributed by atoms with Crippen LogP contribution in [0.3, 0.4) is 0 Å². The lowest BCUT2D eigenvalue weighted by atomic mass is 9.98. The zero-order chi connectivity index (χ0) is 25.2. The molecule has 3 nitrogen and oxygen atoms in total. The van der Waals surface area contributed by atoms with Crippen molar-refractivity contribution in [3.63, 3.8) is 0 Å². The van der Waals surface area contributed by atoms with Crippen LogP contribution in [0.2, 0.25) is 0 Å². The Morgan fingerprint density at radius 2 is 0.833 bits per heavy atom. The maximum atomic E-state index is 13.1. The summed E-state index contributed by atoms with van der Waals surface area (Å²) >= 11 is 0.354. The fraction of sp³-hybridized carbons (Fsp3) is 1.00. The number of halogens is 18. The Hall–Kier alpha value is -0.800. The van der Waals surface area contributed by atoms with E-state index >= 15 is 0 Å². The van der Waals surface area contributed by atoms with E-state index in [0.717, 1.165) is 4.74 Å². The summed E-state index contributed by atoms with van der Waals surface area (Å²) in [6.45, 7) is 0. The molecule has 0 rings (SSSR count). The van der Waals surface area contributed by atoms with Crippen molar-refractivity contribution in [3.8, 4) is 0 Å². The third-order valence-corrected chi connectivity index (χ3v) is 4.15. The average Bonchev–Trinajstić information content (AvgIpc) is 2.42. The third kappa shape index (κ3) is 4.01. The highest BCUT2D eigenvalue weighted by atomic mass is 79.9. The summed E-state index contributed by atoms with van der Waals surface area (Å²) in [4.78, 5) is -6.53. The molecule has 0 bridgehead atoms. The molecule has 0 aromatic rings. The normalized spacial score (nSPS) is 16.7. The largest absolute Gasteiger partial charge is 0.464 e. The first-order valence-electron chi connectivity index (χ1n) is 5.81. The summed E-state index contributed by atoms with van der Waals surface area (Å²) in [6, 6.07) is 0. The van der Waals surface area contributed by atoms with Gasteiger partial charge in [-0.05, 0) is 15.9 Å². The zero-order valence-corrected chi connectivity index (χ0v) is 14.8. The van der Waals surface area contributed by atoms with Crippen LogP contribution < -0.4 is 0 Å². The number of ether oxygens (including phenoxy) is 1. The van der Waals surface area contributed by atoms with E-state index in [1.807, 2.05) is 0 Å². The van der Waals surface area contributed by atoms with Gasteiger partial charge in [-0.2, -0.15) is 78.7 Å². The van der Waals surface area contributed by atoms with Gasteiger partial charge in [-0.3, -0.25) is 0 Å². The minimum atomic E-state index is -8.48. The Morgan fingerprint density at radius 1 is 0.533 bits per heavy atom. The van der Waals surface area contributed by atoms with Gasteiger partial charge in [-0.1, -0.05) is 3.89 Å². The fourth-order valence-corrected chi connectivity index (χ4v) is 1.76. The molecule has 0 unspecified atom stereocenters. The Morgan fingerprint density at radius 3 is 1.10 bits per heavy atom. The molecule has 0 aliphatic heterocycles. The smallest absolute Gasteiger partial charge is 0.244 e. The molecular weight excluding hydrogens is 579 g/mol. The highest BCUT2D eigenvalue weighted by Crippen LogP contribution is 2.62. The fourth-order valence-electron chi connectivity index (χ4n) is 1.18. The van der Waals surface area contributed by atoms with Crippen LogP contribution in [0.1, 0.15) is 0 Å². The van der Waals surface area contributed by atoms with E-state index in [1.54, 1.807) is 0 Å². The third-order valence-electron chi connectivity index (χ3n) is 2.81. The minimum Gasteiger partial charge on any atom is -0.244 e. The van der Waals surface area contributed by atoms with Crippen LogP contribution in [0.5, 0.6) is 0 Å². The summed E-state index contributed by atoms with van der Waals surface area (Å²) in [5, 5.41) is -7.54. The van der Waals surface area contributed by atoms with E-state index in [2.05, 4.69) is 0 Å². The van der Waals surface area contributed by atoms with Gasteiger partial charge in [0.1, 0.15) is 0 Å². The Balaban J connectivity index is 6.53. The van der Waals surface area contributed by atoms with Crippen LogP contribution in [0.4, 0.5) is 74.1 Å². The molecule has 182 valence electrons. The van der Waals surface area contributed by atoms with E-state index in [-0.39, 0.29) is 0 Å². The first-order valence-corrected chi connectivity index (χ1v) is 7.99. The van der Waals surface area contributed by atoms with Crippen LogP contribution in [-0.2, 0) is 15.0 Å². The topological polar surface area (TPSA) is 43.4 Å². The van der Waals surface area contributed by atoms with E-state index in [1.165, 1.54) is 0 Å². The van der Waals surface area contributed by atoms with Gasteiger partial charge in [-0.15, -0.1) is 0 Å². The quantitative estimate of drug-likeness (QED) is 0.203. The molecule has 0 fully saturated rings. The first-order chi connectivity index (χ1) is 12.5. The molecule has 22 heteroatoms. The van der Waals surface area contributed by atoms with Gasteiger partial charge >= 0.3 is 56.2 Å². The Bertz CT molecular complexity index is 753. The monoisotopic (exact) mass is 578 g/mol. The maximum absolute atomic E-state index is 13.1. The predicted octanol–water partition coefficient (Wildman–Crippen LogP) is 5.61. The van der Waals surface area contributed by atoms with Gasteiger partial charge in [0.15, 0.2) is 0 Å². The molecule has 0 heterocycles. The lowest BCUT2D eigenvalue weighted by Crippen LogP contribution is -2.71. The Kier molecular flexibility index (Phi) is 6.91. The summed E-state index contributed by atoms with van der Waals surface area (Å²) < 4.78 is 238. The summed E-state index contributed by atoms with van der Waals surface area (Å²) in [6.07, 6.45) is -15.9. The molecule has 0 spiro atoms. The van der Waals surface area contributed by atoms with Crippen molar-refractivity contribution in [1.29, 1.82) is 0 Å². The van der Waals surface area contributed by atoms with Crippen molar-refractivity contribution in [1.82, 2.24) is 0 Å². The molecule has 0 N–H and O–H groups in total. The van der Waals surface area contributed by atoms with E-state index in [0.29, 0.717) is 15.9 Å². The van der Waals surface area contributed by atoms with Crippen molar-refractivity contribution < 1.29 is 87.3 Å². The lowest BCUT2D eigenvalue weighted by Gasteiger charge is -2.40. The first kappa shape index (κ1) is 29.2. The van der Waals surface area contributed by atoms with E-state index < -0.39 is 56.2 Å². The van der Waals surface area contributed by atoms with E-state index in [9.17, 15) is 82.6 Å². The molecule has 0 amide bonds. The lowest BCUT2D eigenvalue weighted by molar-refractivity contribution is -0.497. The zero-order valence-electron chi connectivity index (χ0n) is 12.4. The molecule has 0 aromatic heterocycles. The molecule has 0 aliphatic rings. The number of alkyl halides is 17. The summed E-state index contributed by atoms with van der Waals surface area (Å²) in [7, 11) is -8.03.